The molecule has 0 unspecified atom stereocenters. The van der Waals surface area contributed by atoms with E-state index in [1.807, 2.05) is 6.07 Å². The van der Waals surface area contributed by atoms with Crippen LogP contribution in [0.15, 0.2) is 18.3 Å². The van der Waals surface area contributed by atoms with E-state index in [1.165, 1.54) is 12.8 Å². The van der Waals surface area contributed by atoms with Crippen molar-refractivity contribution < 1.29 is 9.90 Å². The van der Waals surface area contributed by atoms with E-state index in [9.17, 15) is 4.79 Å². The minimum atomic E-state index is -0.958. The van der Waals surface area contributed by atoms with E-state index in [0.717, 1.165) is 37.0 Å². The number of carbonyl (C=O) groups is 1. The molecule has 19 heavy (non-hydrogen) atoms. The Hall–Kier alpha value is -1.42. The smallest absolute Gasteiger partial charge is 0.354 e. The lowest BCUT2D eigenvalue weighted by Gasteiger charge is -2.33. The van der Waals surface area contributed by atoms with E-state index < -0.39 is 5.97 Å². The second kappa shape index (κ2) is 6.15. The van der Waals surface area contributed by atoms with Gasteiger partial charge in [-0.05, 0) is 55.5 Å². The zero-order valence-corrected chi connectivity index (χ0v) is 11.7. The van der Waals surface area contributed by atoms with Gasteiger partial charge in [0.15, 0.2) is 0 Å². The Bertz CT molecular complexity index is 438. The fraction of sp³-hybridized carbons (Fsp3) is 0.600. The molecule has 4 heteroatoms. The summed E-state index contributed by atoms with van der Waals surface area (Å²) in [5.41, 5.74) is 1.17. The normalized spacial score (nSPS) is 17.8. The standard InChI is InChI=1S/C15H22N2O2/c1-11(2)13-4-7-17(8-5-13)10-12-3-6-16-14(9-12)15(18)19/h3,6,9,11,13H,4-5,7-8,10H2,1-2H3,(H,18,19). The fourth-order valence-electron chi connectivity index (χ4n) is 2.73. The summed E-state index contributed by atoms with van der Waals surface area (Å²) in [5.74, 6) is 0.644. The molecule has 0 radical (unpaired) electrons. The largest absolute Gasteiger partial charge is 0.477 e. The van der Waals surface area contributed by atoms with Crippen LogP contribution in [0.2, 0.25) is 0 Å². The minimum Gasteiger partial charge on any atom is -0.477 e. The van der Waals surface area contributed by atoms with Crippen LogP contribution in [0.1, 0.15) is 42.7 Å². The molecule has 0 aromatic carbocycles. The van der Waals surface area contributed by atoms with Crippen LogP contribution in [0, 0.1) is 11.8 Å². The first-order valence-electron chi connectivity index (χ1n) is 6.97. The lowest BCUT2D eigenvalue weighted by molar-refractivity contribution is 0.0690. The molecule has 2 heterocycles. The molecular weight excluding hydrogens is 240 g/mol. The summed E-state index contributed by atoms with van der Waals surface area (Å²) < 4.78 is 0. The minimum absolute atomic E-state index is 0.134. The Morgan fingerprint density at radius 1 is 1.47 bits per heavy atom. The maximum Gasteiger partial charge on any atom is 0.354 e. The summed E-state index contributed by atoms with van der Waals surface area (Å²) in [6.45, 7) is 7.62. The molecule has 1 fully saturated rings. The summed E-state index contributed by atoms with van der Waals surface area (Å²) in [6, 6.07) is 3.58. The first-order valence-corrected chi connectivity index (χ1v) is 6.97. The van der Waals surface area contributed by atoms with Gasteiger partial charge in [-0.15, -0.1) is 0 Å². The summed E-state index contributed by atoms with van der Waals surface area (Å²) in [7, 11) is 0. The Morgan fingerprint density at radius 2 is 2.16 bits per heavy atom. The third kappa shape index (κ3) is 3.77. The molecule has 0 saturated carbocycles. The first-order chi connectivity index (χ1) is 9.06. The van der Waals surface area contributed by atoms with Crippen molar-refractivity contribution in [1.29, 1.82) is 0 Å². The molecule has 4 nitrogen and oxygen atoms in total. The maximum absolute atomic E-state index is 10.9. The molecule has 0 amide bonds. The zero-order valence-electron chi connectivity index (χ0n) is 11.7. The van der Waals surface area contributed by atoms with Gasteiger partial charge in [-0.3, -0.25) is 4.90 Å². The van der Waals surface area contributed by atoms with Crippen LogP contribution in [0.5, 0.6) is 0 Å². The quantitative estimate of drug-likeness (QED) is 0.906. The van der Waals surface area contributed by atoms with E-state index in [2.05, 4.69) is 23.7 Å². The molecule has 2 rings (SSSR count). The number of aromatic nitrogens is 1. The summed E-state index contributed by atoms with van der Waals surface area (Å²) in [6.07, 6.45) is 4.07. The van der Waals surface area contributed by atoms with Crippen molar-refractivity contribution in [3.63, 3.8) is 0 Å². The number of hydrogen-bond donors (Lipinski definition) is 1. The van der Waals surface area contributed by atoms with Gasteiger partial charge in [-0.25, -0.2) is 9.78 Å². The summed E-state index contributed by atoms with van der Waals surface area (Å²) >= 11 is 0. The van der Waals surface area contributed by atoms with Crippen LogP contribution in [0.25, 0.3) is 0 Å². The van der Waals surface area contributed by atoms with Crippen molar-refractivity contribution >= 4 is 5.97 Å². The van der Waals surface area contributed by atoms with E-state index in [4.69, 9.17) is 5.11 Å². The molecule has 1 aromatic rings. The third-order valence-corrected chi connectivity index (χ3v) is 4.02. The number of aromatic carboxylic acids is 1. The second-order valence-corrected chi connectivity index (χ2v) is 5.71. The molecule has 0 spiro atoms. The van der Waals surface area contributed by atoms with Crippen LogP contribution >= 0.6 is 0 Å². The Balaban J connectivity index is 1.92. The summed E-state index contributed by atoms with van der Waals surface area (Å²) in [4.78, 5) is 17.1. The Labute approximate surface area is 114 Å². The van der Waals surface area contributed by atoms with E-state index in [1.54, 1.807) is 12.3 Å². The lowest BCUT2D eigenvalue weighted by atomic mass is 9.86. The molecule has 1 aliphatic heterocycles. The highest BCUT2D eigenvalue weighted by Gasteiger charge is 2.21. The number of hydrogen-bond acceptors (Lipinski definition) is 3. The zero-order chi connectivity index (χ0) is 13.8. The number of likely N-dealkylation sites (tertiary alicyclic amines) is 1. The highest BCUT2D eigenvalue weighted by Crippen LogP contribution is 2.25. The highest BCUT2D eigenvalue weighted by atomic mass is 16.4. The molecule has 0 atom stereocenters. The summed E-state index contributed by atoms with van der Waals surface area (Å²) in [5, 5.41) is 8.93. The fourth-order valence-corrected chi connectivity index (χ4v) is 2.73. The predicted molar refractivity (Wildman–Crippen MR) is 74.0 cm³/mol. The van der Waals surface area contributed by atoms with Crippen molar-refractivity contribution in [3.05, 3.63) is 29.6 Å². The van der Waals surface area contributed by atoms with Gasteiger partial charge in [0, 0.05) is 12.7 Å². The monoisotopic (exact) mass is 262 g/mol. The number of pyridine rings is 1. The van der Waals surface area contributed by atoms with E-state index in [-0.39, 0.29) is 5.69 Å². The average molecular weight is 262 g/mol. The molecule has 104 valence electrons. The van der Waals surface area contributed by atoms with Crippen molar-refractivity contribution in [3.8, 4) is 0 Å². The van der Waals surface area contributed by atoms with Crippen molar-refractivity contribution in [2.24, 2.45) is 11.8 Å². The average Bonchev–Trinajstić information content (AvgIpc) is 2.39. The Kier molecular flexibility index (Phi) is 4.53. The van der Waals surface area contributed by atoms with Gasteiger partial charge in [0.2, 0.25) is 0 Å². The number of nitrogens with zero attached hydrogens (tertiary/aromatic N) is 2. The van der Waals surface area contributed by atoms with Gasteiger partial charge in [-0.2, -0.15) is 0 Å². The van der Waals surface area contributed by atoms with Crippen LogP contribution in [-0.4, -0.2) is 34.0 Å². The van der Waals surface area contributed by atoms with Crippen LogP contribution < -0.4 is 0 Å². The number of piperidine rings is 1. The molecule has 1 aromatic heterocycles. The van der Waals surface area contributed by atoms with Gasteiger partial charge in [0.1, 0.15) is 5.69 Å². The van der Waals surface area contributed by atoms with Crippen LogP contribution in [0.4, 0.5) is 0 Å². The molecule has 0 aliphatic carbocycles. The third-order valence-electron chi connectivity index (χ3n) is 4.02. The number of carboxylic acids is 1. The molecule has 1 saturated heterocycles. The predicted octanol–water partition coefficient (Wildman–Crippen LogP) is 2.65. The Morgan fingerprint density at radius 3 is 2.74 bits per heavy atom. The molecule has 0 bridgehead atoms. The van der Waals surface area contributed by atoms with E-state index in [0.29, 0.717) is 0 Å². The SMILES string of the molecule is CC(C)C1CCN(Cc2ccnc(C(=O)O)c2)CC1. The van der Waals surface area contributed by atoms with Crippen molar-refractivity contribution in [2.75, 3.05) is 13.1 Å². The highest BCUT2D eigenvalue weighted by molar-refractivity contribution is 5.85. The molecule has 1 aliphatic rings. The van der Waals surface area contributed by atoms with Crippen LogP contribution in [-0.2, 0) is 6.54 Å². The topological polar surface area (TPSA) is 53.4 Å². The van der Waals surface area contributed by atoms with Gasteiger partial charge >= 0.3 is 5.97 Å². The van der Waals surface area contributed by atoms with Crippen molar-refractivity contribution in [1.82, 2.24) is 9.88 Å². The maximum atomic E-state index is 10.9. The van der Waals surface area contributed by atoms with Gasteiger partial charge in [0.25, 0.3) is 0 Å². The lowest BCUT2D eigenvalue weighted by Crippen LogP contribution is -2.34. The molecule has 1 N–H and O–H groups in total. The van der Waals surface area contributed by atoms with Gasteiger partial charge in [0.05, 0.1) is 0 Å². The number of rotatable bonds is 4. The van der Waals surface area contributed by atoms with Crippen molar-refractivity contribution in [2.45, 2.75) is 33.2 Å². The van der Waals surface area contributed by atoms with Crippen LogP contribution in [0.3, 0.4) is 0 Å². The van der Waals surface area contributed by atoms with Gasteiger partial charge < -0.3 is 5.11 Å². The van der Waals surface area contributed by atoms with E-state index >= 15 is 0 Å². The van der Waals surface area contributed by atoms with Gasteiger partial charge in [-0.1, -0.05) is 13.8 Å². The first kappa shape index (κ1) is 14.0. The molecular formula is C15H22N2O2. The number of carboxylic acid groups (broad SMARTS) is 1. The second-order valence-electron chi connectivity index (χ2n) is 5.71.